The summed E-state index contributed by atoms with van der Waals surface area (Å²) in [7, 11) is 0. The van der Waals surface area contributed by atoms with Crippen LogP contribution < -0.4 is 10.1 Å². The zero-order chi connectivity index (χ0) is 15.0. The Hall–Kier alpha value is -1.55. The van der Waals surface area contributed by atoms with E-state index in [0.717, 1.165) is 24.9 Å². The highest BCUT2D eigenvalue weighted by molar-refractivity contribution is 5.72. The van der Waals surface area contributed by atoms with Crippen LogP contribution in [0.15, 0.2) is 24.3 Å². The van der Waals surface area contributed by atoms with Crippen molar-refractivity contribution in [1.82, 2.24) is 5.32 Å². The summed E-state index contributed by atoms with van der Waals surface area (Å²) >= 11 is 0. The maximum absolute atomic E-state index is 11.2. The molecule has 0 heterocycles. The van der Waals surface area contributed by atoms with Crippen LogP contribution in [0.2, 0.25) is 0 Å². The van der Waals surface area contributed by atoms with Crippen LogP contribution in [0.4, 0.5) is 0 Å². The first-order valence-electron chi connectivity index (χ1n) is 7.35. The van der Waals surface area contributed by atoms with Gasteiger partial charge in [0.15, 0.2) is 6.10 Å². The molecule has 0 aliphatic heterocycles. The molecule has 4 heteroatoms. The van der Waals surface area contributed by atoms with Gasteiger partial charge in [0, 0.05) is 11.6 Å². The van der Waals surface area contributed by atoms with Crippen molar-refractivity contribution in [3.8, 4) is 5.75 Å². The van der Waals surface area contributed by atoms with Crippen molar-refractivity contribution in [3.63, 3.8) is 0 Å². The molecule has 0 radical (unpaired) electrons. The minimum atomic E-state index is -0.904. The predicted molar refractivity (Wildman–Crippen MR) is 80.1 cm³/mol. The Balaban J connectivity index is 2.96. The molecule has 112 valence electrons. The highest BCUT2D eigenvalue weighted by Gasteiger charge is 2.21. The molecule has 20 heavy (non-hydrogen) atoms. The Morgan fingerprint density at radius 1 is 1.30 bits per heavy atom. The Morgan fingerprint density at radius 3 is 2.55 bits per heavy atom. The minimum Gasteiger partial charge on any atom is -0.479 e. The van der Waals surface area contributed by atoms with Gasteiger partial charge in [-0.15, -0.1) is 0 Å². The minimum absolute atomic E-state index is 0.187. The average molecular weight is 279 g/mol. The van der Waals surface area contributed by atoms with Gasteiger partial charge in [-0.1, -0.05) is 45.4 Å². The molecule has 0 saturated carbocycles. The molecule has 1 aromatic carbocycles. The molecule has 0 spiro atoms. The number of carboxylic acids is 1. The van der Waals surface area contributed by atoms with Gasteiger partial charge < -0.3 is 15.2 Å². The van der Waals surface area contributed by atoms with Crippen molar-refractivity contribution in [2.75, 3.05) is 6.54 Å². The first kappa shape index (κ1) is 16.5. The van der Waals surface area contributed by atoms with Gasteiger partial charge in [0.1, 0.15) is 5.75 Å². The molecule has 4 nitrogen and oxygen atoms in total. The number of rotatable bonds is 9. The van der Waals surface area contributed by atoms with E-state index in [1.54, 1.807) is 0 Å². The van der Waals surface area contributed by atoms with E-state index in [9.17, 15) is 9.90 Å². The van der Waals surface area contributed by atoms with Gasteiger partial charge in [0.25, 0.3) is 0 Å². The molecule has 0 aliphatic rings. The SMILES string of the molecule is CCCC(Oc1ccccc1C(CC)NCC)C(=O)O. The van der Waals surface area contributed by atoms with Crippen molar-refractivity contribution < 1.29 is 14.6 Å². The van der Waals surface area contributed by atoms with Crippen LogP contribution in [0.5, 0.6) is 5.75 Å². The lowest BCUT2D eigenvalue weighted by atomic mass is 10.0. The third-order valence-electron chi connectivity index (χ3n) is 3.25. The van der Waals surface area contributed by atoms with Gasteiger partial charge in [0.2, 0.25) is 0 Å². The number of nitrogens with one attached hydrogen (secondary N) is 1. The number of para-hydroxylation sites is 1. The molecular formula is C16H25NO3. The molecule has 0 saturated heterocycles. The standard InChI is InChI=1S/C16H25NO3/c1-4-9-15(16(18)19)20-14-11-8-7-10-12(14)13(5-2)17-6-3/h7-8,10-11,13,15,17H,4-6,9H2,1-3H3,(H,18,19). The first-order chi connectivity index (χ1) is 9.63. The highest BCUT2D eigenvalue weighted by atomic mass is 16.5. The molecule has 2 atom stereocenters. The van der Waals surface area contributed by atoms with Crippen LogP contribution >= 0.6 is 0 Å². The predicted octanol–water partition coefficient (Wildman–Crippen LogP) is 3.38. The zero-order valence-electron chi connectivity index (χ0n) is 12.6. The van der Waals surface area contributed by atoms with Crippen molar-refractivity contribution in [1.29, 1.82) is 0 Å². The lowest BCUT2D eigenvalue weighted by Gasteiger charge is -2.22. The van der Waals surface area contributed by atoms with E-state index in [0.29, 0.717) is 12.2 Å². The van der Waals surface area contributed by atoms with Crippen LogP contribution in [0.25, 0.3) is 0 Å². The smallest absolute Gasteiger partial charge is 0.344 e. The van der Waals surface area contributed by atoms with Gasteiger partial charge >= 0.3 is 5.97 Å². The number of ether oxygens (including phenoxy) is 1. The maximum Gasteiger partial charge on any atom is 0.344 e. The van der Waals surface area contributed by atoms with Gasteiger partial charge in [0.05, 0.1) is 0 Å². The lowest BCUT2D eigenvalue weighted by Crippen LogP contribution is -2.28. The summed E-state index contributed by atoms with van der Waals surface area (Å²) in [6.45, 7) is 6.98. The molecule has 0 aliphatic carbocycles. The van der Waals surface area contributed by atoms with Gasteiger partial charge in [-0.2, -0.15) is 0 Å². The van der Waals surface area contributed by atoms with Crippen LogP contribution in [-0.2, 0) is 4.79 Å². The van der Waals surface area contributed by atoms with Crippen LogP contribution in [0.1, 0.15) is 51.6 Å². The first-order valence-corrected chi connectivity index (χ1v) is 7.35. The Labute approximate surface area is 121 Å². The summed E-state index contributed by atoms with van der Waals surface area (Å²) in [5.41, 5.74) is 1.03. The van der Waals surface area contributed by atoms with Crippen molar-refractivity contribution in [3.05, 3.63) is 29.8 Å². The second-order valence-electron chi connectivity index (χ2n) is 4.79. The number of benzene rings is 1. The van der Waals surface area contributed by atoms with Gasteiger partial charge in [-0.25, -0.2) is 4.79 Å². The fourth-order valence-corrected chi connectivity index (χ4v) is 2.24. The fourth-order valence-electron chi connectivity index (χ4n) is 2.24. The summed E-state index contributed by atoms with van der Waals surface area (Å²) in [5.74, 6) is -0.237. The van der Waals surface area contributed by atoms with Crippen LogP contribution in [0, 0.1) is 0 Å². The third kappa shape index (κ3) is 4.53. The average Bonchev–Trinajstić information content (AvgIpc) is 2.45. The van der Waals surface area contributed by atoms with Crippen molar-refractivity contribution in [2.24, 2.45) is 0 Å². The van der Waals surface area contributed by atoms with E-state index in [-0.39, 0.29) is 6.04 Å². The molecule has 1 rings (SSSR count). The number of aliphatic carboxylic acids is 1. The number of hydrogen-bond acceptors (Lipinski definition) is 3. The van der Waals surface area contributed by atoms with Gasteiger partial charge in [-0.05, 0) is 25.5 Å². The summed E-state index contributed by atoms with van der Waals surface area (Å²) in [6.07, 6.45) is 1.45. The number of carbonyl (C=O) groups is 1. The van der Waals surface area contributed by atoms with E-state index < -0.39 is 12.1 Å². The largest absolute Gasteiger partial charge is 0.479 e. The Kier molecular flexibility index (Phi) is 7.09. The Bertz CT molecular complexity index is 420. The second-order valence-corrected chi connectivity index (χ2v) is 4.79. The highest BCUT2D eigenvalue weighted by Crippen LogP contribution is 2.28. The molecule has 0 fully saturated rings. The van der Waals surface area contributed by atoms with Crippen LogP contribution in [0.3, 0.4) is 0 Å². The Morgan fingerprint density at radius 2 is 2.00 bits per heavy atom. The molecule has 2 N–H and O–H groups in total. The summed E-state index contributed by atoms with van der Waals surface area (Å²) < 4.78 is 5.74. The zero-order valence-corrected chi connectivity index (χ0v) is 12.6. The van der Waals surface area contributed by atoms with E-state index >= 15 is 0 Å². The van der Waals surface area contributed by atoms with E-state index in [1.165, 1.54) is 0 Å². The topological polar surface area (TPSA) is 58.6 Å². The monoisotopic (exact) mass is 279 g/mol. The third-order valence-corrected chi connectivity index (χ3v) is 3.25. The summed E-state index contributed by atoms with van der Waals surface area (Å²) in [5, 5.41) is 12.6. The maximum atomic E-state index is 11.2. The molecular weight excluding hydrogens is 254 g/mol. The van der Waals surface area contributed by atoms with Crippen molar-refractivity contribution in [2.45, 2.75) is 52.2 Å². The number of hydrogen-bond donors (Lipinski definition) is 2. The fraction of sp³-hybridized carbons (Fsp3) is 0.562. The van der Waals surface area contributed by atoms with Crippen LogP contribution in [-0.4, -0.2) is 23.7 Å². The van der Waals surface area contributed by atoms with Crippen molar-refractivity contribution >= 4 is 5.97 Å². The molecule has 1 aromatic rings. The molecule has 0 amide bonds. The quantitative estimate of drug-likeness (QED) is 0.727. The second kappa shape index (κ2) is 8.59. The van der Waals surface area contributed by atoms with Gasteiger partial charge in [-0.3, -0.25) is 0 Å². The number of carboxylic acid groups (broad SMARTS) is 1. The molecule has 2 unspecified atom stereocenters. The van der Waals surface area contributed by atoms with E-state index in [4.69, 9.17) is 4.74 Å². The molecule has 0 aromatic heterocycles. The van der Waals surface area contributed by atoms with E-state index in [1.807, 2.05) is 31.2 Å². The molecule has 0 bridgehead atoms. The summed E-state index contributed by atoms with van der Waals surface area (Å²) in [4.78, 5) is 11.2. The van der Waals surface area contributed by atoms with E-state index in [2.05, 4.69) is 19.2 Å². The summed E-state index contributed by atoms with van der Waals surface area (Å²) in [6, 6.07) is 7.87. The normalized spacial score (nSPS) is 13.8. The lowest BCUT2D eigenvalue weighted by molar-refractivity contribution is -0.145.